The van der Waals surface area contributed by atoms with Crippen LogP contribution in [-0.4, -0.2) is 27.8 Å². The van der Waals surface area contributed by atoms with Gasteiger partial charge in [-0.1, -0.05) is 48.5 Å². The van der Waals surface area contributed by atoms with Gasteiger partial charge in [0.2, 0.25) is 5.91 Å². The molecule has 2 atom stereocenters. The molecule has 168 valence electrons. The van der Waals surface area contributed by atoms with E-state index in [1.807, 2.05) is 86.6 Å². The van der Waals surface area contributed by atoms with Crippen molar-refractivity contribution in [2.24, 2.45) is 0 Å². The molecule has 0 spiro atoms. The molecule has 0 aliphatic rings. The number of hydrogen-bond acceptors (Lipinski definition) is 5. The Hall–Kier alpha value is -3.97. The van der Waals surface area contributed by atoms with Crippen LogP contribution in [0.25, 0.3) is 5.69 Å². The first-order valence-corrected chi connectivity index (χ1v) is 10.8. The van der Waals surface area contributed by atoms with Gasteiger partial charge in [0.1, 0.15) is 24.4 Å². The highest BCUT2D eigenvalue weighted by Crippen LogP contribution is 2.28. The smallest absolute Gasteiger partial charge is 0.246 e. The number of nitrogens with one attached hydrogen (secondary N) is 2. The highest BCUT2D eigenvalue weighted by Gasteiger charge is 2.24. The standard InChI is InChI=1S/C26H27N5O2/c1-18-9-14-24(33-3)23(15-18)30-26(32)25(21-7-5-4-6-8-21)29-19(2)20-10-12-22(13-11-20)31-17-27-16-28-31/h4-17,19,25,29H,1-3H3,(H,30,32). The Morgan fingerprint density at radius 1 is 1.00 bits per heavy atom. The van der Waals surface area contributed by atoms with E-state index in [1.54, 1.807) is 18.1 Å². The van der Waals surface area contributed by atoms with E-state index < -0.39 is 6.04 Å². The molecule has 0 saturated heterocycles. The molecule has 3 aromatic carbocycles. The Bertz CT molecular complexity index is 1190. The summed E-state index contributed by atoms with van der Waals surface area (Å²) in [5.74, 6) is 0.466. The van der Waals surface area contributed by atoms with Gasteiger partial charge in [-0.25, -0.2) is 9.67 Å². The van der Waals surface area contributed by atoms with Gasteiger partial charge < -0.3 is 10.1 Å². The van der Waals surface area contributed by atoms with Crippen LogP contribution in [0.5, 0.6) is 5.75 Å². The second-order valence-corrected chi connectivity index (χ2v) is 7.86. The molecular formula is C26H27N5O2. The number of aryl methyl sites for hydroxylation is 1. The lowest BCUT2D eigenvalue weighted by Crippen LogP contribution is -2.34. The van der Waals surface area contributed by atoms with E-state index in [9.17, 15) is 4.79 Å². The van der Waals surface area contributed by atoms with E-state index in [0.29, 0.717) is 11.4 Å². The number of ether oxygens (including phenoxy) is 1. The summed E-state index contributed by atoms with van der Waals surface area (Å²) in [4.78, 5) is 17.4. The number of carbonyl (C=O) groups excluding carboxylic acids is 1. The van der Waals surface area contributed by atoms with E-state index in [4.69, 9.17) is 4.74 Å². The summed E-state index contributed by atoms with van der Waals surface area (Å²) in [6.45, 7) is 4.02. The van der Waals surface area contributed by atoms with E-state index in [0.717, 1.165) is 22.4 Å². The second-order valence-electron chi connectivity index (χ2n) is 7.86. The SMILES string of the molecule is COc1ccc(C)cc1NC(=O)C(NC(C)c1ccc(-n2cncn2)cc1)c1ccccc1. The number of aromatic nitrogens is 3. The molecule has 0 radical (unpaired) electrons. The predicted octanol–water partition coefficient (Wildman–Crippen LogP) is 4.61. The predicted molar refractivity (Wildman–Crippen MR) is 128 cm³/mol. The first-order valence-electron chi connectivity index (χ1n) is 10.8. The van der Waals surface area contributed by atoms with Crippen LogP contribution in [0.4, 0.5) is 5.69 Å². The molecule has 1 amide bonds. The van der Waals surface area contributed by atoms with Crippen LogP contribution in [0, 0.1) is 6.92 Å². The number of carbonyl (C=O) groups is 1. The van der Waals surface area contributed by atoms with Crippen molar-refractivity contribution < 1.29 is 9.53 Å². The summed E-state index contributed by atoms with van der Waals surface area (Å²) in [6.07, 6.45) is 3.16. The van der Waals surface area contributed by atoms with Gasteiger partial charge in [0, 0.05) is 6.04 Å². The number of nitrogens with zero attached hydrogens (tertiary/aromatic N) is 3. The fourth-order valence-corrected chi connectivity index (χ4v) is 3.70. The van der Waals surface area contributed by atoms with Crippen molar-refractivity contribution >= 4 is 11.6 Å². The number of amides is 1. The molecule has 33 heavy (non-hydrogen) atoms. The maximum Gasteiger partial charge on any atom is 0.246 e. The highest BCUT2D eigenvalue weighted by atomic mass is 16.5. The largest absolute Gasteiger partial charge is 0.495 e. The summed E-state index contributed by atoms with van der Waals surface area (Å²) in [5, 5.41) is 10.7. The summed E-state index contributed by atoms with van der Waals surface area (Å²) in [5.41, 5.74) is 4.55. The van der Waals surface area contributed by atoms with Gasteiger partial charge >= 0.3 is 0 Å². The molecule has 2 unspecified atom stereocenters. The zero-order chi connectivity index (χ0) is 23.2. The van der Waals surface area contributed by atoms with Crippen molar-refractivity contribution in [3.05, 3.63) is 102 Å². The van der Waals surface area contributed by atoms with Crippen LogP contribution < -0.4 is 15.4 Å². The van der Waals surface area contributed by atoms with Gasteiger partial charge in [-0.3, -0.25) is 10.1 Å². The Morgan fingerprint density at radius 2 is 1.76 bits per heavy atom. The van der Waals surface area contributed by atoms with Gasteiger partial charge in [0.05, 0.1) is 18.5 Å². The van der Waals surface area contributed by atoms with Crippen molar-refractivity contribution in [3.8, 4) is 11.4 Å². The van der Waals surface area contributed by atoms with Crippen molar-refractivity contribution in [1.82, 2.24) is 20.1 Å². The summed E-state index contributed by atoms with van der Waals surface area (Å²) in [7, 11) is 1.60. The number of benzene rings is 3. The van der Waals surface area contributed by atoms with E-state index in [2.05, 4.69) is 20.7 Å². The number of hydrogen-bond donors (Lipinski definition) is 2. The molecule has 0 aliphatic carbocycles. The maximum atomic E-state index is 13.4. The quantitative estimate of drug-likeness (QED) is 0.417. The van der Waals surface area contributed by atoms with Crippen LogP contribution in [0.1, 0.15) is 35.7 Å². The van der Waals surface area contributed by atoms with Crippen molar-refractivity contribution in [3.63, 3.8) is 0 Å². The van der Waals surface area contributed by atoms with Crippen molar-refractivity contribution in [2.75, 3.05) is 12.4 Å². The Kier molecular flexibility index (Phi) is 6.80. The van der Waals surface area contributed by atoms with Gasteiger partial charge in [-0.05, 0) is 54.8 Å². The normalized spacial score (nSPS) is 12.7. The molecule has 0 fully saturated rings. The average molecular weight is 442 g/mol. The first-order chi connectivity index (χ1) is 16.0. The zero-order valence-electron chi connectivity index (χ0n) is 18.9. The first kappa shape index (κ1) is 22.2. The Morgan fingerprint density at radius 3 is 2.42 bits per heavy atom. The third-order valence-corrected chi connectivity index (χ3v) is 5.50. The molecule has 1 aromatic heterocycles. The molecule has 0 saturated carbocycles. The summed E-state index contributed by atoms with van der Waals surface area (Å²) >= 11 is 0. The monoisotopic (exact) mass is 441 g/mol. The minimum atomic E-state index is -0.554. The number of methoxy groups -OCH3 is 1. The van der Waals surface area contributed by atoms with Gasteiger partial charge in [0.15, 0.2) is 0 Å². The summed E-state index contributed by atoms with van der Waals surface area (Å²) in [6, 6.07) is 22.8. The van der Waals surface area contributed by atoms with Crippen LogP contribution >= 0.6 is 0 Å². The van der Waals surface area contributed by atoms with Crippen molar-refractivity contribution in [2.45, 2.75) is 25.9 Å². The fraction of sp³-hybridized carbons (Fsp3) is 0.192. The molecule has 4 aromatic rings. The number of anilines is 1. The summed E-state index contributed by atoms with van der Waals surface area (Å²) < 4.78 is 7.14. The Labute approximate surface area is 193 Å². The van der Waals surface area contributed by atoms with Gasteiger partial charge in [0.25, 0.3) is 0 Å². The third-order valence-electron chi connectivity index (χ3n) is 5.50. The molecule has 0 bridgehead atoms. The third kappa shape index (κ3) is 5.27. The lowest BCUT2D eigenvalue weighted by atomic mass is 10.0. The van der Waals surface area contributed by atoms with Crippen LogP contribution in [0.15, 0.2) is 85.5 Å². The van der Waals surface area contributed by atoms with Crippen molar-refractivity contribution in [1.29, 1.82) is 0 Å². The fourth-order valence-electron chi connectivity index (χ4n) is 3.70. The van der Waals surface area contributed by atoms with Gasteiger partial charge in [-0.15, -0.1) is 0 Å². The minimum absolute atomic E-state index is 0.0786. The molecule has 2 N–H and O–H groups in total. The minimum Gasteiger partial charge on any atom is -0.495 e. The second kappa shape index (κ2) is 10.1. The van der Waals surface area contributed by atoms with E-state index in [1.165, 1.54) is 6.33 Å². The van der Waals surface area contributed by atoms with Crippen LogP contribution in [0.3, 0.4) is 0 Å². The average Bonchev–Trinajstić information content (AvgIpc) is 3.38. The van der Waals surface area contributed by atoms with Crippen LogP contribution in [-0.2, 0) is 4.79 Å². The van der Waals surface area contributed by atoms with E-state index in [-0.39, 0.29) is 11.9 Å². The molecule has 7 heteroatoms. The van der Waals surface area contributed by atoms with Gasteiger partial charge in [-0.2, -0.15) is 5.10 Å². The molecule has 7 nitrogen and oxygen atoms in total. The lowest BCUT2D eigenvalue weighted by molar-refractivity contribution is -0.118. The lowest BCUT2D eigenvalue weighted by Gasteiger charge is -2.24. The molecule has 4 rings (SSSR count). The maximum absolute atomic E-state index is 13.4. The van der Waals surface area contributed by atoms with Crippen LogP contribution in [0.2, 0.25) is 0 Å². The molecule has 0 aliphatic heterocycles. The molecule has 1 heterocycles. The topological polar surface area (TPSA) is 81.1 Å². The molecular weight excluding hydrogens is 414 g/mol. The number of rotatable bonds is 8. The highest BCUT2D eigenvalue weighted by molar-refractivity contribution is 5.96. The van der Waals surface area contributed by atoms with E-state index >= 15 is 0 Å². The zero-order valence-corrected chi connectivity index (χ0v) is 18.9. The Balaban J connectivity index is 1.56.